The van der Waals surface area contributed by atoms with Gasteiger partial charge in [0.15, 0.2) is 5.76 Å². The van der Waals surface area contributed by atoms with E-state index in [-0.39, 0.29) is 5.78 Å². The van der Waals surface area contributed by atoms with Gasteiger partial charge in [-0.2, -0.15) is 0 Å². The first-order valence-electron chi connectivity index (χ1n) is 7.48. The van der Waals surface area contributed by atoms with E-state index in [0.29, 0.717) is 29.4 Å². The third-order valence-corrected chi connectivity index (χ3v) is 3.75. The summed E-state index contributed by atoms with van der Waals surface area (Å²) in [6.45, 7) is 4.44. The van der Waals surface area contributed by atoms with Gasteiger partial charge in [0.1, 0.15) is 17.2 Å². The van der Waals surface area contributed by atoms with E-state index in [4.69, 9.17) is 14.2 Å². The fourth-order valence-electron chi connectivity index (χ4n) is 2.57. The molecular weight excluding hydrogens is 292 g/mol. The number of Topliss-reactive ketones (excluding diaryl/α,β-unsaturated/α-hetero) is 1. The Bertz CT molecular complexity index is 773. The Kier molecular flexibility index (Phi) is 4.06. The summed E-state index contributed by atoms with van der Waals surface area (Å²) in [5.41, 5.74) is 2.28. The Balaban J connectivity index is 1.90. The van der Waals surface area contributed by atoms with Crippen LogP contribution in [0.3, 0.4) is 0 Å². The Labute approximate surface area is 135 Å². The molecule has 0 saturated carbocycles. The van der Waals surface area contributed by atoms with E-state index >= 15 is 0 Å². The van der Waals surface area contributed by atoms with Gasteiger partial charge in [0, 0.05) is 5.56 Å². The van der Waals surface area contributed by atoms with Gasteiger partial charge in [0.2, 0.25) is 5.78 Å². The van der Waals surface area contributed by atoms with E-state index < -0.39 is 0 Å². The van der Waals surface area contributed by atoms with Crippen molar-refractivity contribution in [3.63, 3.8) is 0 Å². The van der Waals surface area contributed by atoms with Crippen LogP contribution in [0.5, 0.6) is 17.2 Å². The van der Waals surface area contributed by atoms with Crippen molar-refractivity contribution in [3.05, 3.63) is 58.8 Å². The standard InChI is InChI=1S/C19H18O4/c1-4-22-14-7-5-13(6-8-14)11-17-18(20)15-9-10-16(21-3)12(2)19(15)23-17/h5-11H,4H2,1-3H3/b17-11-. The highest BCUT2D eigenvalue weighted by molar-refractivity contribution is 6.14. The fourth-order valence-corrected chi connectivity index (χ4v) is 2.57. The number of allylic oxidation sites excluding steroid dienone is 1. The van der Waals surface area contributed by atoms with E-state index in [9.17, 15) is 4.79 Å². The number of hydrogen-bond donors (Lipinski definition) is 0. The normalized spacial score (nSPS) is 14.6. The van der Waals surface area contributed by atoms with Crippen LogP contribution >= 0.6 is 0 Å². The molecule has 0 bridgehead atoms. The molecule has 1 aliphatic rings. The van der Waals surface area contributed by atoms with E-state index in [1.165, 1.54) is 0 Å². The highest BCUT2D eigenvalue weighted by Crippen LogP contribution is 2.39. The molecule has 1 heterocycles. The topological polar surface area (TPSA) is 44.8 Å². The second-order valence-corrected chi connectivity index (χ2v) is 5.21. The summed E-state index contributed by atoms with van der Waals surface area (Å²) in [4.78, 5) is 12.5. The molecule has 0 radical (unpaired) electrons. The number of hydrogen-bond acceptors (Lipinski definition) is 4. The van der Waals surface area contributed by atoms with Gasteiger partial charge in [-0.15, -0.1) is 0 Å². The average molecular weight is 310 g/mol. The minimum atomic E-state index is -0.111. The molecule has 0 atom stereocenters. The quantitative estimate of drug-likeness (QED) is 0.800. The largest absolute Gasteiger partial charge is 0.496 e. The van der Waals surface area contributed by atoms with Crippen LogP contribution in [0.25, 0.3) is 6.08 Å². The lowest BCUT2D eigenvalue weighted by Crippen LogP contribution is -1.98. The zero-order valence-corrected chi connectivity index (χ0v) is 13.4. The molecule has 0 N–H and O–H groups in total. The first-order valence-corrected chi connectivity index (χ1v) is 7.48. The molecule has 0 fully saturated rings. The van der Waals surface area contributed by atoms with Crippen molar-refractivity contribution >= 4 is 11.9 Å². The van der Waals surface area contributed by atoms with Crippen molar-refractivity contribution in [1.29, 1.82) is 0 Å². The molecule has 2 aromatic carbocycles. The fraction of sp³-hybridized carbons (Fsp3) is 0.211. The zero-order chi connectivity index (χ0) is 16.4. The summed E-state index contributed by atoms with van der Waals surface area (Å²) >= 11 is 0. The Morgan fingerprint density at radius 2 is 1.87 bits per heavy atom. The number of methoxy groups -OCH3 is 1. The maximum atomic E-state index is 12.5. The highest BCUT2D eigenvalue weighted by Gasteiger charge is 2.29. The van der Waals surface area contributed by atoms with Crippen LogP contribution in [0.1, 0.15) is 28.4 Å². The highest BCUT2D eigenvalue weighted by atomic mass is 16.5. The number of carbonyl (C=O) groups is 1. The molecule has 0 saturated heterocycles. The van der Waals surface area contributed by atoms with Crippen LogP contribution in [-0.4, -0.2) is 19.5 Å². The van der Waals surface area contributed by atoms with Crippen LogP contribution < -0.4 is 14.2 Å². The minimum Gasteiger partial charge on any atom is -0.496 e. The van der Waals surface area contributed by atoms with Crippen LogP contribution in [0.4, 0.5) is 0 Å². The second kappa shape index (κ2) is 6.16. The van der Waals surface area contributed by atoms with Crippen LogP contribution in [0, 0.1) is 6.92 Å². The first kappa shape index (κ1) is 15.2. The maximum absolute atomic E-state index is 12.5. The van der Waals surface area contributed by atoms with Gasteiger partial charge in [-0.25, -0.2) is 0 Å². The number of ketones is 1. The van der Waals surface area contributed by atoms with Crippen LogP contribution in [-0.2, 0) is 0 Å². The van der Waals surface area contributed by atoms with Gasteiger partial charge in [-0.05, 0) is 49.8 Å². The smallest absolute Gasteiger partial charge is 0.231 e. The third kappa shape index (κ3) is 2.80. The number of benzene rings is 2. The van der Waals surface area contributed by atoms with Gasteiger partial charge < -0.3 is 14.2 Å². The maximum Gasteiger partial charge on any atom is 0.231 e. The zero-order valence-electron chi connectivity index (χ0n) is 13.4. The lowest BCUT2D eigenvalue weighted by Gasteiger charge is -2.07. The third-order valence-electron chi connectivity index (χ3n) is 3.75. The van der Waals surface area contributed by atoms with Gasteiger partial charge in [-0.1, -0.05) is 12.1 Å². The van der Waals surface area contributed by atoms with Gasteiger partial charge in [-0.3, -0.25) is 4.79 Å². The first-order chi connectivity index (χ1) is 11.1. The molecule has 0 unspecified atom stereocenters. The molecule has 0 amide bonds. The van der Waals surface area contributed by atoms with Crippen molar-refractivity contribution in [3.8, 4) is 17.2 Å². The molecule has 3 rings (SSSR count). The average Bonchev–Trinajstić information content (AvgIpc) is 2.87. The summed E-state index contributed by atoms with van der Waals surface area (Å²) in [7, 11) is 1.60. The Morgan fingerprint density at radius 3 is 2.52 bits per heavy atom. The van der Waals surface area contributed by atoms with Crippen molar-refractivity contribution in [1.82, 2.24) is 0 Å². The van der Waals surface area contributed by atoms with Gasteiger partial charge >= 0.3 is 0 Å². The Hall–Kier alpha value is -2.75. The molecule has 4 heteroatoms. The van der Waals surface area contributed by atoms with E-state index in [1.54, 1.807) is 25.3 Å². The molecule has 0 aromatic heterocycles. The molecule has 23 heavy (non-hydrogen) atoms. The lowest BCUT2D eigenvalue weighted by atomic mass is 10.1. The molecule has 0 spiro atoms. The van der Waals surface area contributed by atoms with Crippen molar-refractivity contribution in [2.75, 3.05) is 13.7 Å². The molecule has 2 aromatic rings. The summed E-state index contributed by atoms with van der Waals surface area (Å²) in [6, 6.07) is 11.1. The summed E-state index contributed by atoms with van der Waals surface area (Å²) in [5.74, 6) is 2.29. The predicted molar refractivity (Wildman–Crippen MR) is 88.3 cm³/mol. The number of ether oxygens (including phenoxy) is 3. The van der Waals surface area contributed by atoms with Crippen molar-refractivity contribution in [2.24, 2.45) is 0 Å². The minimum absolute atomic E-state index is 0.111. The van der Waals surface area contributed by atoms with Gasteiger partial charge in [0.25, 0.3) is 0 Å². The Morgan fingerprint density at radius 1 is 1.13 bits per heavy atom. The SMILES string of the molecule is CCOc1ccc(/C=C2\Oc3c(ccc(OC)c3C)C2=O)cc1. The van der Waals surface area contributed by atoms with Crippen molar-refractivity contribution in [2.45, 2.75) is 13.8 Å². The van der Waals surface area contributed by atoms with E-state index in [1.807, 2.05) is 38.1 Å². The number of rotatable bonds is 4. The summed E-state index contributed by atoms with van der Waals surface area (Å²) < 4.78 is 16.5. The summed E-state index contributed by atoms with van der Waals surface area (Å²) in [5, 5.41) is 0. The van der Waals surface area contributed by atoms with Crippen LogP contribution in [0.2, 0.25) is 0 Å². The lowest BCUT2D eigenvalue weighted by molar-refractivity contribution is 0.101. The summed E-state index contributed by atoms with van der Waals surface area (Å²) in [6.07, 6.45) is 1.74. The molecular formula is C19H18O4. The van der Waals surface area contributed by atoms with E-state index in [2.05, 4.69) is 0 Å². The molecule has 0 aliphatic carbocycles. The predicted octanol–water partition coefficient (Wildman–Crippen LogP) is 4.02. The molecule has 1 aliphatic heterocycles. The second-order valence-electron chi connectivity index (χ2n) is 5.21. The van der Waals surface area contributed by atoms with E-state index in [0.717, 1.165) is 16.9 Å². The monoisotopic (exact) mass is 310 g/mol. The van der Waals surface area contributed by atoms with Gasteiger partial charge in [0.05, 0.1) is 19.3 Å². The van der Waals surface area contributed by atoms with Crippen LogP contribution in [0.15, 0.2) is 42.2 Å². The molecule has 4 nitrogen and oxygen atoms in total. The molecule has 118 valence electrons. The number of fused-ring (bicyclic) bond motifs is 1. The number of carbonyl (C=O) groups excluding carboxylic acids is 1. The van der Waals surface area contributed by atoms with Crippen molar-refractivity contribution < 1.29 is 19.0 Å².